The van der Waals surface area contributed by atoms with Crippen molar-refractivity contribution in [2.45, 2.75) is 45.2 Å². The molecule has 0 aromatic heterocycles. The van der Waals surface area contributed by atoms with Crippen LogP contribution in [0.5, 0.6) is 0 Å². The molecule has 1 atom stereocenters. The number of anilines is 1. The van der Waals surface area contributed by atoms with E-state index in [1.165, 1.54) is 43.6 Å². The van der Waals surface area contributed by atoms with Crippen molar-refractivity contribution in [3.05, 3.63) is 29.8 Å². The number of likely N-dealkylation sites (N-methyl/N-ethyl adjacent to an activating group) is 1. The summed E-state index contributed by atoms with van der Waals surface area (Å²) in [5, 5.41) is 0. The van der Waals surface area contributed by atoms with Gasteiger partial charge in [-0.3, -0.25) is 9.69 Å². The molecule has 1 aliphatic rings. The minimum atomic E-state index is -0.245. The maximum atomic E-state index is 11.4. The van der Waals surface area contributed by atoms with Crippen LogP contribution in [0.2, 0.25) is 0 Å². The van der Waals surface area contributed by atoms with Gasteiger partial charge in [0.15, 0.2) is 0 Å². The summed E-state index contributed by atoms with van der Waals surface area (Å²) in [6.07, 6.45) is 4.69. The molecule has 1 fully saturated rings. The molecule has 1 amide bonds. The Morgan fingerprint density at radius 3 is 2.38 bits per heavy atom. The molecule has 1 heterocycles. The Morgan fingerprint density at radius 2 is 1.86 bits per heavy atom. The topological polar surface area (TPSA) is 49.6 Å². The van der Waals surface area contributed by atoms with Gasteiger partial charge in [-0.25, -0.2) is 0 Å². The summed E-state index contributed by atoms with van der Waals surface area (Å²) in [6.45, 7) is 5.07. The molecule has 21 heavy (non-hydrogen) atoms. The number of hydrogen-bond donors (Lipinski definition) is 1. The highest BCUT2D eigenvalue weighted by Gasteiger charge is 2.18. The second kappa shape index (κ2) is 7.46. The summed E-state index contributed by atoms with van der Waals surface area (Å²) in [5.41, 5.74) is 7.96. The van der Waals surface area contributed by atoms with Gasteiger partial charge in [0, 0.05) is 25.3 Å². The van der Waals surface area contributed by atoms with Gasteiger partial charge in [0.1, 0.15) is 0 Å². The Kier molecular flexibility index (Phi) is 5.62. The van der Waals surface area contributed by atoms with Gasteiger partial charge in [0.25, 0.3) is 0 Å². The van der Waals surface area contributed by atoms with Crippen LogP contribution in [-0.2, 0) is 11.3 Å². The van der Waals surface area contributed by atoms with Crippen molar-refractivity contribution in [3.8, 4) is 0 Å². The third kappa shape index (κ3) is 4.21. The predicted molar refractivity (Wildman–Crippen MR) is 87.2 cm³/mol. The first-order valence-corrected chi connectivity index (χ1v) is 7.95. The Labute approximate surface area is 127 Å². The molecule has 1 aromatic rings. The Morgan fingerprint density at radius 1 is 1.24 bits per heavy atom. The van der Waals surface area contributed by atoms with Gasteiger partial charge < -0.3 is 10.6 Å². The highest BCUT2D eigenvalue weighted by molar-refractivity contribution is 5.79. The molecule has 4 heteroatoms. The molecule has 4 nitrogen and oxygen atoms in total. The monoisotopic (exact) mass is 289 g/mol. The number of piperidine rings is 1. The molecular formula is C17H27N3O. The smallest absolute Gasteiger partial charge is 0.234 e. The number of amides is 1. The SMILES string of the molecule is CC[C@H](C(N)=O)N(C)Cc1ccc(N2CCCCC2)cc1. The fraction of sp³-hybridized carbons (Fsp3) is 0.588. The maximum absolute atomic E-state index is 11.4. The molecular weight excluding hydrogens is 262 g/mol. The second-order valence-corrected chi connectivity index (χ2v) is 5.96. The molecule has 116 valence electrons. The summed E-state index contributed by atoms with van der Waals surface area (Å²) in [6, 6.07) is 8.52. The molecule has 2 N–H and O–H groups in total. The van der Waals surface area contributed by atoms with Crippen LogP contribution in [0.1, 0.15) is 38.2 Å². The van der Waals surface area contributed by atoms with Crippen LogP contribution in [0.3, 0.4) is 0 Å². The van der Waals surface area contributed by atoms with Gasteiger partial charge in [-0.1, -0.05) is 19.1 Å². The first-order chi connectivity index (χ1) is 10.1. The van der Waals surface area contributed by atoms with E-state index in [-0.39, 0.29) is 11.9 Å². The van der Waals surface area contributed by atoms with E-state index in [0.717, 1.165) is 13.0 Å². The Balaban J connectivity index is 1.97. The zero-order chi connectivity index (χ0) is 15.2. The van der Waals surface area contributed by atoms with Crippen LogP contribution >= 0.6 is 0 Å². The quantitative estimate of drug-likeness (QED) is 0.874. The standard InChI is InChI=1S/C17H27N3O/c1-3-16(17(18)21)19(2)13-14-7-9-15(10-8-14)20-11-5-4-6-12-20/h7-10,16H,3-6,11-13H2,1-2H3,(H2,18,21)/t16-/m1/s1. The average Bonchev–Trinajstić information content (AvgIpc) is 2.49. The molecule has 0 spiro atoms. The highest BCUT2D eigenvalue weighted by atomic mass is 16.1. The van der Waals surface area contributed by atoms with Crippen LogP contribution in [0.4, 0.5) is 5.69 Å². The van der Waals surface area contributed by atoms with E-state index in [9.17, 15) is 4.79 Å². The van der Waals surface area contributed by atoms with Crippen LogP contribution in [0.25, 0.3) is 0 Å². The maximum Gasteiger partial charge on any atom is 0.234 e. The third-order valence-corrected chi connectivity index (χ3v) is 4.34. The van der Waals surface area contributed by atoms with Crippen molar-refractivity contribution in [1.29, 1.82) is 0 Å². The minimum absolute atomic E-state index is 0.188. The molecule has 0 bridgehead atoms. The third-order valence-electron chi connectivity index (χ3n) is 4.34. The zero-order valence-corrected chi connectivity index (χ0v) is 13.2. The fourth-order valence-corrected chi connectivity index (χ4v) is 3.09. The van der Waals surface area contributed by atoms with Crippen LogP contribution < -0.4 is 10.6 Å². The van der Waals surface area contributed by atoms with Gasteiger partial charge in [-0.2, -0.15) is 0 Å². The number of benzene rings is 1. The fourth-order valence-electron chi connectivity index (χ4n) is 3.09. The summed E-state index contributed by atoms with van der Waals surface area (Å²) in [7, 11) is 1.96. The zero-order valence-electron chi connectivity index (χ0n) is 13.2. The van der Waals surface area contributed by atoms with Crippen molar-refractivity contribution in [2.24, 2.45) is 5.73 Å². The number of nitrogens with zero attached hydrogens (tertiary/aromatic N) is 2. The Bertz CT molecular complexity index is 452. The van der Waals surface area contributed by atoms with Crippen molar-refractivity contribution < 1.29 is 4.79 Å². The molecule has 1 aliphatic heterocycles. The summed E-state index contributed by atoms with van der Waals surface area (Å²) < 4.78 is 0. The lowest BCUT2D eigenvalue weighted by Crippen LogP contribution is -2.41. The molecule has 2 rings (SSSR count). The van der Waals surface area contributed by atoms with Gasteiger partial charge in [-0.15, -0.1) is 0 Å². The first-order valence-electron chi connectivity index (χ1n) is 7.95. The number of primary amides is 1. The van der Waals surface area contributed by atoms with E-state index >= 15 is 0 Å². The van der Waals surface area contributed by atoms with Crippen molar-refractivity contribution in [3.63, 3.8) is 0 Å². The van der Waals surface area contributed by atoms with Crippen molar-refractivity contribution >= 4 is 11.6 Å². The van der Waals surface area contributed by atoms with Gasteiger partial charge in [-0.05, 0) is 50.4 Å². The van der Waals surface area contributed by atoms with Crippen molar-refractivity contribution in [2.75, 3.05) is 25.0 Å². The van der Waals surface area contributed by atoms with Crippen LogP contribution in [-0.4, -0.2) is 37.0 Å². The second-order valence-electron chi connectivity index (χ2n) is 5.96. The molecule has 0 aliphatic carbocycles. The normalized spacial score (nSPS) is 17.0. The van der Waals surface area contributed by atoms with Crippen molar-refractivity contribution in [1.82, 2.24) is 4.90 Å². The lowest BCUT2D eigenvalue weighted by Gasteiger charge is -2.29. The molecule has 0 unspecified atom stereocenters. The van der Waals surface area contributed by atoms with Gasteiger partial charge in [0.05, 0.1) is 6.04 Å². The first kappa shape index (κ1) is 15.8. The minimum Gasteiger partial charge on any atom is -0.372 e. The van der Waals surface area contributed by atoms with E-state index < -0.39 is 0 Å². The lowest BCUT2D eigenvalue weighted by atomic mass is 10.1. The molecule has 0 saturated carbocycles. The van der Waals surface area contributed by atoms with E-state index in [1.807, 2.05) is 18.9 Å². The summed E-state index contributed by atoms with van der Waals surface area (Å²) in [4.78, 5) is 15.9. The Hall–Kier alpha value is -1.55. The lowest BCUT2D eigenvalue weighted by molar-refractivity contribution is -0.123. The number of carbonyl (C=O) groups is 1. The van der Waals surface area contributed by atoms with E-state index in [2.05, 4.69) is 29.2 Å². The molecule has 1 saturated heterocycles. The number of rotatable bonds is 6. The van der Waals surface area contributed by atoms with Crippen LogP contribution in [0, 0.1) is 0 Å². The number of carbonyl (C=O) groups excluding carboxylic acids is 1. The molecule has 1 aromatic carbocycles. The largest absolute Gasteiger partial charge is 0.372 e. The van der Waals surface area contributed by atoms with Crippen LogP contribution in [0.15, 0.2) is 24.3 Å². The van der Waals surface area contributed by atoms with E-state index in [4.69, 9.17) is 5.73 Å². The number of nitrogens with two attached hydrogens (primary N) is 1. The van der Waals surface area contributed by atoms with E-state index in [0.29, 0.717) is 0 Å². The summed E-state index contributed by atoms with van der Waals surface area (Å²) >= 11 is 0. The molecule has 0 radical (unpaired) electrons. The average molecular weight is 289 g/mol. The van der Waals surface area contributed by atoms with Gasteiger partial charge >= 0.3 is 0 Å². The van der Waals surface area contributed by atoms with E-state index in [1.54, 1.807) is 0 Å². The number of hydrogen-bond acceptors (Lipinski definition) is 3. The van der Waals surface area contributed by atoms with Gasteiger partial charge in [0.2, 0.25) is 5.91 Å². The predicted octanol–water partition coefficient (Wildman–Crippen LogP) is 2.37. The highest BCUT2D eigenvalue weighted by Crippen LogP contribution is 2.21. The summed E-state index contributed by atoms with van der Waals surface area (Å²) in [5.74, 6) is -0.245.